The van der Waals surface area contributed by atoms with Crippen LogP contribution in [0.3, 0.4) is 0 Å². The fraction of sp³-hybridized carbons (Fsp3) is 0.364. The molecule has 1 unspecified atom stereocenters. The van der Waals surface area contributed by atoms with Crippen molar-refractivity contribution < 1.29 is 9.53 Å². The maximum atomic E-state index is 11.6. The van der Waals surface area contributed by atoms with E-state index in [2.05, 4.69) is 0 Å². The summed E-state index contributed by atoms with van der Waals surface area (Å²) in [4.78, 5) is 11.6. The monoisotopic (exact) mass is 261 g/mol. The van der Waals surface area contributed by atoms with Crippen molar-refractivity contribution in [2.45, 2.75) is 12.5 Å². The van der Waals surface area contributed by atoms with Crippen molar-refractivity contribution in [3.8, 4) is 0 Å². The SMILES string of the molecule is COCC(N)C(=O)Cc1ccc(Cl)cc1Cl. The summed E-state index contributed by atoms with van der Waals surface area (Å²) in [5.74, 6) is -0.105. The van der Waals surface area contributed by atoms with Crippen LogP contribution in [0.25, 0.3) is 0 Å². The smallest absolute Gasteiger partial charge is 0.156 e. The number of halogens is 2. The van der Waals surface area contributed by atoms with E-state index in [1.54, 1.807) is 18.2 Å². The second-order valence-corrected chi connectivity index (χ2v) is 4.28. The summed E-state index contributed by atoms with van der Waals surface area (Å²) in [5, 5.41) is 1.02. The Morgan fingerprint density at radius 1 is 1.50 bits per heavy atom. The molecule has 0 spiro atoms. The third-order valence-electron chi connectivity index (χ3n) is 2.14. The molecule has 0 saturated carbocycles. The van der Waals surface area contributed by atoms with Gasteiger partial charge in [-0.1, -0.05) is 29.3 Å². The van der Waals surface area contributed by atoms with E-state index in [0.717, 1.165) is 5.56 Å². The molecule has 0 fully saturated rings. The Morgan fingerprint density at radius 3 is 2.75 bits per heavy atom. The molecule has 0 aliphatic carbocycles. The Labute approximate surface area is 104 Å². The number of ketones is 1. The summed E-state index contributed by atoms with van der Waals surface area (Å²) in [6.07, 6.45) is 0.195. The highest BCUT2D eigenvalue weighted by atomic mass is 35.5. The number of hydrogen-bond acceptors (Lipinski definition) is 3. The van der Waals surface area contributed by atoms with Crippen LogP contribution in [0.1, 0.15) is 5.56 Å². The molecule has 1 aromatic carbocycles. The Kier molecular flexibility index (Phi) is 5.22. The van der Waals surface area contributed by atoms with Gasteiger partial charge in [0.05, 0.1) is 12.6 Å². The van der Waals surface area contributed by atoms with Crippen LogP contribution in [-0.2, 0) is 16.0 Å². The first-order valence-electron chi connectivity index (χ1n) is 4.75. The molecular weight excluding hydrogens is 249 g/mol. The molecule has 0 heterocycles. The summed E-state index contributed by atoms with van der Waals surface area (Å²) in [7, 11) is 1.50. The van der Waals surface area contributed by atoms with Crippen molar-refractivity contribution in [2.24, 2.45) is 5.73 Å². The number of carbonyl (C=O) groups excluding carboxylic acids is 1. The van der Waals surface area contributed by atoms with Gasteiger partial charge in [-0.2, -0.15) is 0 Å². The molecule has 16 heavy (non-hydrogen) atoms. The minimum Gasteiger partial charge on any atom is -0.383 e. The number of carbonyl (C=O) groups is 1. The lowest BCUT2D eigenvalue weighted by Gasteiger charge is -2.10. The minimum atomic E-state index is -0.614. The zero-order valence-electron chi connectivity index (χ0n) is 8.87. The quantitative estimate of drug-likeness (QED) is 0.883. The third-order valence-corrected chi connectivity index (χ3v) is 2.73. The number of ether oxygens (including phenoxy) is 1. The average Bonchev–Trinajstić information content (AvgIpc) is 2.22. The lowest BCUT2D eigenvalue weighted by Crippen LogP contribution is -2.35. The van der Waals surface area contributed by atoms with Gasteiger partial charge < -0.3 is 10.5 Å². The first-order chi connectivity index (χ1) is 7.54. The molecule has 0 aliphatic rings. The Bertz CT molecular complexity index is 382. The molecule has 0 bridgehead atoms. The summed E-state index contributed by atoms with van der Waals surface area (Å²) < 4.78 is 4.81. The van der Waals surface area contributed by atoms with E-state index in [4.69, 9.17) is 33.7 Å². The van der Waals surface area contributed by atoms with Gasteiger partial charge in [0.25, 0.3) is 0 Å². The zero-order chi connectivity index (χ0) is 12.1. The third kappa shape index (κ3) is 3.76. The molecule has 1 rings (SSSR count). The van der Waals surface area contributed by atoms with E-state index in [1.165, 1.54) is 7.11 Å². The highest BCUT2D eigenvalue weighted by molar-refractivity contribution is 6.35. The summed E-state index contributed by atoms with van der Waals surface area (Å²) in [6.45, 7) is 0.212. The molecule has 1 aromatic rings. The molecule has 0 radical (unpaired) electrons. The van der Waals surface area contributed by atoms with Crippen LogP contribution < -0.4 is 5.73 Å². The molecule has 2 N–H and O–H groups in total. The minimum absolute atomic E-state index is 0.105. The van der Waals surface area contributed by atoms with E-state index >= 15 is 0 Å². The van der Waals surface area contributed by atoms with Crippen molar-refractivity contribution in [2.75, 3.05) is 13.7 Å². The number of nitrogens with two attached hydrogens (primary N) is 1. The number of methoxy groups -OCH3 is 1. The predicted molar refractivity (Wildman–Crippen MR) is 65.0 cm³/mol. The van der Waals surface area contributed by atoms with Gasteiger partial charge in [-0.3, -0.25) is 4.79 Å². The largest absolute Gasteiger partial charge is 0.383 e. The van der Waals surface area contributed by atoms with Crippen LogP contribution >= 0.6 is 23.2 Å². The molecule has 0 saturated heterocycles. The molecule has 0 aliphatic heterocycles. The first kappa shape index (κ1) is 13.5. The average molecular weight is 262 g/mol. The summed E-state index contributed by atoms with van der Waals surface area (Å²) in [6, 6.07) is 4.41. The van der Waals surface area contributed by atoms with Gasteiger partial charge in [-0.05, 0) is 17.7 Å². The van der Waals surface area contributed by atoms with Gasteiger partial charge in [-0.15, -0.1) is 0 Å². The summed E-state index contributed by atoms with van der Waals surface area (Å²) in [5.41, 5.74) is 6.34. The van der Waals surface area contributed by atoms with E-state index in [-0.39, 0.29) is 18.8 Å². The number of benzene rings is 1. The second-order valence-electron chi connectivity index (χ2n) is 3.44. The normalized spacial score (nSPS) is 12.5. The standard InChI is InChI=1S/C11H13Cl2NO2/c1-16-6-10(14)11(15)4-7-2-3-8(12)5-9(7)13/h2-3,5,10H,4,6,14H2,1H3. The van der Waals surface area contributed by atoms with E-state index < -0.39 is 6.04 Å². The Morgan fingerprint density at radius 2 is 2.19 bits per heavy atom. The molecule has 3 nitrogen and oxygen atoms in total. The van der Waals surface area contributed by atoms with Crippen molar-refractivity contribution >= 4 is 29.0 Å². The van der Waals surface area contributed by atoms with Crippen LogP contribution in [0.4, 0.5) is 0 Å². The van der Waals surface area contributed by atoms with Crippen LogP contribution in [0.5, 0.6) is 0 Å². The maximum Gasteiger partial charge on any atom is 0.156 e. The molecular formula is C11H13Cl2NO2. The lowest BCUT2D eigenvalue weighted by molar-refractivity contribution is -0.120. The van der Waals surface area contributed by atoms with Crippen molar-refractivity contribution in [3.05, 3.63) is 33.8 Å². The topological polar surface area (TPSA) is 52.3 Å². The zero-order valence-corrected chi connectivity index (χ0v) is 10.4. The number of rotatable bonds is 5. The molecule has 1 atom stereocenters. The maximum absolute atomic E-state index is 11.6. The van der Waals surface area contributed by atoms with Gasteiger partial charge in [0.1, 0.15) is 0 Å². The van der Waals surface area contributed by atoms with E-state index in [9.17, 15) is 4.79 Å². The number of hydrogen-bond donors (Lipinski definition) is 1. The Hall–Kier alpha value is -0.610. The van der Waals surface area contributed by atoms with Gasteiger partial charge in [0, 0.05) is 23.6 Å². The van der Waals surface area contributed by atoms with Gasteiger partial charge in [0.2, 0.25) is 0 Å². The fourth-order valence-electron chi connectivity index (χ4n) is 1.26. The van der Waals surface area contributed by atoms with Crippen molar-refractivity contribution in [1.29, 1.82) is 0 Å². The fourth-order valence-corrected chi connectivity index (χ4v) is 1.73. The number of Topliss-reactive ketones (excluding diaryl/α,β-unsaturated/α-hetero) is 1. The molecule has 5 heteroatoms. The van der Waals surface area contributed by atoms with Crippen LogP contribution in [-0.4, -0.2) is 25.5 Å². The van der Waals surface area contributed by atoms with Crippen LogP contribution in [0.2, 0.25) is 10.0 Å². The molecule has 88 valence electrons. The summed E-state index contributed by atoms with van der Waals surface area (Å²) >= 11 is 11.7. The van der Waals surface area contributed by atoms with Crippen LogP contribution in [0, 0.1) is 0 Å². The second kappa shape index (κ2) is 6.21. The van der Waals surface area contributed by atoms with Gasteiger partial charge in [-0.25, -0.2) is 0 Å². The van der Waals surface area contributed by atoms with Crippen molar-refractivity contribution in [1.82, 2.24) is 0 Å². The van der Waals surface area contributed by atoms with Gasteiger partial charge >= 0.3 is 0 Å². The molecule has 0 aromatic heterocycles. The molecule has 0 amide bonds. The van der Waals surface area contributed by atoms with Gasteiger partial charge in [0.15, 0.2) is 5.78 Å². The first-order valence-corrected chi connectivity index (χ1v) is 5.51. The highest BCUT2D eigenvalue weighted by Crippen LogP contribution is 2.21. The van der Waals surface area contributed by atoms with E-state index in [1.807, 2.05) is 0 Å². The lowest BCUT2D eigenvalue weighted by atomic mass is 10.0. The van der Waals surface area contributed by atoms with E-state index in [0.29, 0.717) is 10.0 Å². The van der Waals surface area contributed by atoms with Crippen LogP contribution in [0.15, 0.2) is 18.2 Å². The highest BCUT2D eigenvalue weighted by Gasteiger charge is 2.15. The van der Waals surface area contributed by atoms with Crippen molar-refractivity contribution in [3.63, 3.8) is 0 Å². The predicted octanol–water partition coefficient (Wildman–Crippen LogP) is 2.08. The Balaban J connectivity index is 2.69.